The highest BCUT2D eigenvalue weighted by molar-refractivity contribution is 7.89. The topological polar surface area (TPSA) is 81.4 Å². The number of rotatable bonds is 4. The summed E-state index contributed by atoms with van der Waals surface area (Å²) in [5, 5.41) is 7.92. The van der Waals surface area contributed by atoms with Crippen LogP contribution in [0, 0.1) is 5.82 Å². The van der Waals surface area contributed by atoms with Crippen molar-refractivity contribution in [2.75, 3.05) is 12.4 Å². The molecule has 0 aromatic heterocycles. The van der Waals surface area contributed by atoms with Crippen molar-refractivity contribution in [1.29, 1.82) is 0 Å². The number of nitrogens with one attached hydrogen (secondary N) is 1. The Balaban J connectivity index is 2.07. The maximum atomic E-state index is 13.7. The van der Waals surface area contributed by atoms with Gasteiger partial charge in [-0.3, -0.25) is 0 Å². The highest BCUT2D eigenvalue weighted by Crippen LogP contribution is 2.28. The number of halogens is 1. The van der Waals surface area contributed by atoms with Crippen LogP contribution in [0.5, 0.6) is 0 Å². The minimum atomic E-state index is -3.86. The summed E-state index contributed by atoms with van der Waals surface area (Å²) in [6.45, 7) is 0. The number of methoxy groups -OCH3 is 1. The Labute approximate surface area is 105 Å². The van der Waals surface area contributed by atoms with Crippen LogP contribution >= 0.6 is 0 Å². The van der Waals surface area contributed by atoms with Crippen LogP contribution in [0.4, 0.5) is 10.1 Å². The van der Waals surface area contributed by atoms with Gasteiger partial charge >= 0.3 is 0 Å². The van der Waals surface area contributed by atoms with Gasteiger partial charge < -0.3 is 10.1 Å². The van der Waals surface area contributed by atoms with Gasteiger partial charge in [-0.15, -0.1) is 0 Å². The Morgan fingerprint density at radius 1 is 1.44 bits per heavy atom. The van der Waals surface area contributed by atoms with E-state index in [2.05, 4.69) is 5.32 Å². The molecule has 3 N–H and O–H groups in total. The molecular formula is C11H15FN2O3S. The molecule has 18 heavy (non-hydrogen) atoms. The van der Waals surface area contributed by atoms with Crippen molar-refractivity contribution in [3.8, 4) is 0 Å². The maximum Gasteiger partial charge on any atom is 0.238 e. The van der Waals surface area contributed by atoms with Gasteiger partial charge in [-0.2, -0.15) is 0 Å². The second-order valence-corrected chi connectivity index (χ2v) is 5.92. The Morgan fingerprint density at radius 2 is 2.11 bits per heavy atom. The Hall–Kier alpha value is -1.18. The van der Waals surface area contributed by atoms with E-state index < -0.39 is 15.8 Å². The standard InChI is InChI=1S/C11H15FN2O3S/c1-17-8-4-7(5-8)14-11-3-2-9(6-10(11)12)18(13,15)16/h2-3,6-8,14H,4-5H2,1H3,(H2,13,15,16). The molecule has 2 rings (SSSR count). The SMILES string of the molecule is COC1CC(Nc2ccc(S(N)(=O)=O)cc2F)C1. The lowest BCUT2D eigenvalue weighted by molar-refractivity contribution is 0.0328. The van der Waals surface area contributed by atoms with Crippen molar-refractivity contribution >= 4 is 15.7 Å². The Kier molecular flexibility index (Phi) is 3.56. The molecule has 1 aliphatic rings. The second-order valence-electron chi connectivity index (χ2n) is 4.36. The quantitative estimate of drug-likeness (QED) is 0.860. The summed E-state index contributed by atoms with van der Waals surface area (Å²) in [4.78, 5) is -0.228. The van der Waals surface area contributed by atoms with Crippen LogP contribution in [0.1, 0.15) is 12.8 Å². The average Bonchev–Trinajstić information content (AvgIpc) is 2.23. The minimum absolute atomic E-state index is 0.157. The number of hydrogen-bond donors (Lipinski definition) is 2. The van der Waals surface area contributed by atoms with Gasteiger partial charge in [0.1, 0.15) is 5.82 Å². The van der Waals surface area contributed by atoms with Gasteiger partial charge in [-0.1, -0.05) is 0 Å². The van der Waals surface area contributed by atoms with Crippen molar-refractivity contribution in [2.45, 2.75) is 29.9 Å². The third-order valence-electron chi connectivity index (χ3n) is 3.06. The van der Waals surface area contributed by atoms with E-state index in [9.17, 15) is 12.8 Å². The maximum absolute atomic E-state index is 13.7. The lowest BCUT2D eigenvalue weighted by atomic mass is 9.89. The average molecular weight is 274 g/mol. The van der Waals surface area contributed by atoms with E-state index in [1.807, 2.05) is 0 Å². The van der Waals surface area contributed by atoms with Crippen molar-refractivity contribution in [3.05, 3.63) is 24.0 Å². The first-order chi connectivity index (χ1) is 8.40. The summed E-state index contributed by atoms with van der Waals surface area (Å²) in [7, 11) is -2.22. The van der Waals surface area contributed by atoms with Crippen molar-refractivity contribution in [1.82, 2.24) is 0 Å². The fourth-order valence-corrected chi connectivity index (χ4v) is 2.41. The Morgan fingerprint density at radius 3 is 2.61 bits per heavy atom. The molecule has 0 heterocycles. The summed E-state index contributed by atoms with van der Waals surface area (Å²) in [5.74, 6) is -0.623. The number of benzene rings is 1. The monoisotopic (exact) mass is 274 g/mol. The third kappa shape index (κ3) is 2.80. The molecule has 1 aromatic rings. The van der Waals surface area contributed by atoms with E-state index in [1.54, 1.807) is 7.11 Å². The molecule has 0 saturated heterocycles. The summed E-state index contributed by atoms with van der Waals surface area (Å²) < 4.78 is 40.9. The molecule has 1 aliphatic carbocycles. The highest BCUT2D eigenvalue weighted by Gasteiger charge is 2.29. The van der Waals surface area contributed by atoms with Gasteiger partial charge in [-0.05, 0) is 31.0 Å². The second kappa shape index (κ2) is 4.83. The van der Waals surface area contributed by atoms with Crippen LogP contribution < -0.4 is 10.5 Å². The molecule has 0 bridgehead atoms. The normalized spacial score (nSPS) is 23.5. The molecule has 1 aromatic carbocycles. The summed E-state index contributed by atoms with van der Waals surface area (Å²) >= 11 is 0. The Bertz CT molecular complexity index is 541. The van der Waals surface area contributed by atoms with E-state index in [0.717, 1.165) is 18.9 Å². The number of nitrogens with two attached hydrogens (primary N) is 1. The smallest absolute Gasteiger partial charge is 0.238 e. The largest absolute Gasteiger partial charge is 0.381 e. The molecule has 0 atom stereocenters. The predicted molar refractivity (Wildman–Crippen MR) is 65.2 cm³/mol. The van der Waals surface area contributed by atoms with Gasteiger partial charge in [0.05, 0.1) is 16.7 Å². The minimum Gasteiger partial charge on any atom is -0.381 e. The molecular weight excluding hydrogens is 259 g/mol. The van der Waals surface area contributed by atoms with Gasteiger partial charge in [0.2, 0.25) is 10.0 Å². The van der Waals surface area contributed by atoms with Crippen LogP contribution in [-0.4, -0.2) is 27.7 Å². The first-order valence-corrected chi connectivity index (χ1v) is 7.06. The van der Waals surface area contributed by atoms with Crippen molar-refractivity contribution in [2.24, 2.45) is 5.14 Å². The van der Waals surface area contributed by atoms with Crippen LogP contribution in [-0.2, 0) is 14.8 Å². The molecule has 0 unspecified atom stereocenters. The van der Waals surface area contributed by atoms with E-state index in [-0.39, 0.29) is 22.7 Å². The molecule has 0 spiro atoms. The zero-order valence-corrected chi connectivity index (χ0v) is 10.7. The number of hydrogen-bond acceptors (Lipinski definition) is 4. The molecule has 7 heteroatoms. The van der Waals surface area contributed by atoms with Gasteiger partial charge in [0.15, 0.2) is 0 Å². The first-order valence-electron chi connectivity index (χ1n) is 5.52. The molecule has 0 radical (unpaired) electrons. The van der Waals surface area contributed by atoms with Gasteiger partial charge in [0, 0.05) is 13.2 Å². The highest BCUT2D eigenvalue weighted by atomic mass is 32.2. The van der Waals surface area contributed by atoms with Crippen molar-refractivity contribution < 1.29 is 17.5 Å². The van der Waals surface area contributed by atoms with E-state index >= 15 is 0 Å². The summed E-state index contributed by atoms with van der Waals surface area (Å²) in [6, 6.07) is 3.75. The number of ether oxygens (including phenoxy) is 1. The molecule has 1 saturated carbocycles. The van der Waals surface area contributed by atoms with Crippen LogP contribution in [0.15, 0.2) is 23.1 Å². The molecule has 0 aliphatic heterocycles. The zero-order chi connectivity index (χ0) is 13.3. The van der Waals surface area contributed by atoms with Crippen LogP contribution in [0.2, 0.25) is 0 Å². The lowest BCUT2D eigenvalue weighted by Crippen LogP contribution is -2.40. The number of anilines is 1. The van der Waals surface area contributed by atoms with E-state index in [0.29, 0.717) is 0 Å². The fraction of sp³-hybridized carbons (Fsp3) is 0.455. The molecule has 0 amide bonds. The third-order valence-corrected chi connectivity index (χ3v) is 3.97. The van der Waals surface area contributed by atoms with E-state index in [1.165, 1.54) is 12.1 Å². The first kappa shape index (κ1) is 13.3. The predicted octanol–water partition coefficient (Wildman–Crippen LogP) is 1.06. The van der Waals surface area contributed by atoms with E-state index in [4.69, 9.17) is 9.88 Å². The van der Waals surface area contributed by atoms with Gasteiger partial charge in [0.25, 0.3) is 0 Å². The van der Waals surface area contributed by atoms with Crippen molar-refractivity contribution in [3.63, 3.8) is 0 Å². The fourth-order valence-electron chi connectivity index (χ4n) is 1.89. The molecule has 5 nitrogen and oxygen atoms in total. The van der Waals surface area contributed by atoms with Crippen LogP contribution in [0.3, 0.4) is 0 Å². The number of primary sulfonamides is 1. The van der Waals surface area contributed by atoms with Crippen LogP contribution in [0.25, 0.3) is 0 Å². The number of sulfonamides is 1. The van der Waals surface area contributed by atoms with Gasteiger partial charge in [-0.25, -0.2) is 17.9 Å². The summed E-state index contributed by atoms with van der Waals surface area (Å²) in [5.41, 5.74) is 0.280. The summed E-state index contributed by atoms with van der Waals surface area (Å²) in [6.07, 6.45) is 1.84. The zero-order valence-electron chi connectivity index (χ0n) is 9.89. The molecule has 1 fully saturated rings. The lowest BCUT2D eigenvalue weighted by Gasteiger charge is -2.35. The molecule has 100 valence electrons.